The van der Waals surface area contributed by atoms with E-state index < -0.39 is 33.2 Å². The Morgan fingerprint density at radius 3 is 2.66 bits per heavy atom. The van der Waals surface area contributed by atoms with Crippen LogP contribution in [0.25, 0.3) is 0 Å². The summed E-state index contributed by atoms with van der Waals surface area (Å²) in [6.45, 7) is 0.650. The number of aromatic nitrogens is 1. The molecule has 0 saturated carbocycles. The van der Waals surface area contributed by atoms with Gasteiger partial charge in [-0.2, -0.15) is 0 Å². The maximum Gasteiger partial charge on any atom is 0.257 e. The van der Waals surface area contributed by atoms with E-state index in [1.54, 1.807) is 12.1 Å². The number of hydrogen-bond acceptors (Lipinski definition) is 7. The molecule has 1 N–H and O–H groups in total. The fraction of sp³-hybridized carbons (Fsp3) is 0.381. The van der Waals surface area contributed by atoms with Crippen molar-refractivity contribution in [3.63, 3.8) is 0 Å². The SMILES string of the molecule is CSc1cccc(Oc2ncc(F)cc2C(=O)NC2CCN(C(=O)CS(C)(=O)=O)CC2)c1. The van der Waals surface area contributed by atoms with Gasteiger partial charge in [-0.3, -0.25) is 9.59 Å². The highest BCUT2D eigenvalue weighted by Gasteiger charge is 2.27. The fourth-order valence-corrected chi connectivity index (χ4v) is 4.38. The Hall–Kier alpha value is -2.66. The molecule has 1 aliphatic heterocycles. The van der Waals surface area contributed by atoms with Gasteiger partial charge in [-0.15, -0.1) is 11.8 Å². The number of amides is 2. The number of ether oxygens (including phenoxy) is 1. The summed E-state index contributed by atoms with van der Waals surface area (Å²) in [6.07, 6.45) is 4.83. The second-order valence-corrected chi connectivity index (χ2v) is 10.5. The van der Waals surface area contributed by atoms with Crippen molar-refractivity contribution >= 4 is 33.4 Å². The van der Waals surface area contributed by atoms with Crippen LogP contribution in [0.2, 0.25) is 0 Å². The number of nitrogens with zero attached hydrogens (tertiary/aromatic N) is 2. The van der Waals surface area contributed by atoms with Gasteiger partial charge in [-0.05, 0) is 43.4 Å². The highest BCUT2D eigenvalue weighted by molar-refractivity contribution is 7.98. The zero-order chi connectivity index (χ0) is 23.3. The largest absolute Gasteiger partial charge is 0.438 e. The fourth-order valence-electron chi connectivity index (χ4n) is 3.30. The third-order valence-corrected chi connectivity index (χ3v) is 6.38. The summed E-state index contributed by atoms with van der Waals surface area (Å²) >= 11 is 1.53. The lowest BCUT2D eigenvalue weighted by Crippen LogP contribution is -2.47. The molecule has 2 aromatic rings. The molecule has 2 heterocycles. The topological polar surface area (TPSA) is 106 Å². The number of benzene rings is 1. The highest BCUT2D eigenvalue weighted by Crippen LogP contribution is 2.27. The third kappa shape index (κ3) is 6.67. The minimum Gasteiger partial charge on any atom is -0.438 e. The molecule has 3 rings (SSSR count). The average Bonchev–Trinajstić information content (AvgIpc) is 2.74. The molecular formula is C21H24FN3O5S2. The number of carbonyl (C=O) groups is 2. The van der Waals surface area contributed by atoms with E-state index in [1.165, 1.54) is 16.7 Å². The van der Waals surface area contributed by atoms with Gasteiger partial charge in [0.25, 0.3) is 5.91 Å². The average molecular weight is 482 g/mol. The van der Waals surface area contributed by atoms with Crippen LogP contribution >= 0.6 is 11.8 Å². The van der Waals surface area contributed by atoms with Crippen molar-refractivity contribution in [2.24, 2.45) is 0 Å². The van der Waals surface area contributed by atoms with Crippen molar-refractivity contribution in [1.29, 1.82) is 0 Å². The van der Waals surface area contributed by atoms with Crippen LogP contribution in [0.5, 0.6) is 11.6 Å². The molecular weight excluding hydrogens is 457 g/mol. The lowest BCUT2D eigenvalue weighted by molar-refractivity contribution is -0.129. The van der Waals surface area contributed by atoms with E-state index in [-0.39, 0.29) is 17.5 Å². The molecule has 32 heavy (non-hydrogen) atoms. The van der Waals surface area contributed by atoms with Crippen LogP contribution in [0.4, 0.5) is 4.39 Å². The van der Waals surface area contributed by atoms with E-state index in [4.69, 9.17) is 4.74 Å². The Bertz CT molecular complexity index is 1100. The molecule has 1 saturated heterocycles. The highest BCUT2D eigenvalue weighted by atomic mass is 32.2. The van der Waals surface area contributed by atoms with Crippen LogP contribution < -0.4 is 10.1 Å². The molecule has 8 nitrogen and oxygen atoms in total. The smallest absolute Gasteiger partial charge is 0.257 e. The molecule has 11 heteroatoms. The number of sulfone groups is 1. The molecule has 2 amide bonds. The molecule has 1 aromatic heterocycles. The molecule has 0 atom stereocenters. The predicted molar refractivity (Wildman–Crippen MR) is 119 cm³/mol. The first-order valence-electron chi connectivity index (χ1n) is 9.88. The van der Waals surface area contributed by atoms with E-state index in [9.17, 15) is 22.4 Å². The Kier molecular flexibility index (Phi) is 7.73. The van der Waals surface area contributed by atoms with Gasteiger partial charge in [0, 0.05) is 30.3 Å². The van der Waals surface area contributed by atoms with Crippen LogP contribution in [0.15, 0.2) is 41.4 Å². The van der Waals surface area contributed by atoms with Gasteiger partial charge in [0.05, 0.1) is 6.20 Å². The van der Waals surface area contributed by atoms with E-state index in [1.807, 2.05) is 18.4 Å². The number of likely N-dealkylation sites (tertiary alicyclic amines) is 1. The number of piperidine rings is 1. The Morgan fingerprint density at radius 1 is 1.28 bits per heavy atom. The number of rotatable bonds is 7. The van der Waals surface area contributed by atoms with E-state index in [0.717, 1.165) is 23.4 Å². The number of thioether (sulfide) groups is 1. The summed E-state index contributed by atoms with van der Waals surface area (Å²) in [7, 11) is -3.40. The Morgan fingerprint density at radius 2 is 2.00 bits per heavy atom. The quantitative estimate of drug-likeness (QED) is 0.606. The van der Waals surface area contributed by atoms with E-state index >= 15 is 0 Å². The third-order valence-electron chi connectivity index (χ3n) is 4.89. The van der Waals surface area contributed by atoms with Gasteiger partial charge in [0.1, 0.15) is 22.9 Å². The first-order chi connectivity index (χ1) is 15.1. The molecule has 0 spiro atoms. The summed E-state index contributed by atoms with van der Waals surface area (Å²) in [5.74, 6) is -1.71. The predicted octanol–water partition coefficient (Wildman–Crippen LogP) is 2.50. The van der Waals surface area contributed by atoms with Crippen LogP contribution in [-0.2, 0) is 14.6 Å². The summed E-state index contributed by atoms with van der Waals surface area (Å²) in [4.78, 5) is 31.3. The first-order valence-corrected chi connectivity index (χ1v) is 13.2. The van der Waals surface area contributed by atoms with Gasteiger partial charge >= 0.3 is 0 Å². The number of hydrogen-bond donors (Lipinski definition) is 1. The standard InChI is InChI=1S/C21H24FN3O5S2/c1-31-17-5-3-4-16(11-17)30-21-18(10-14(22)12-23-21)20(27)24-15-6-8-25(9-7-15)19(26)13-32(2,28)29/h3-5,10-12,15H,6-9,13H2,1-2H3,(H,24,27). The van der Waals surface area contributed by atoms with Gasteiger partial charge in [-0.25, -0.2) is 17.8 Å². The molecule has 1 fully saturated rings. The van der Waals surface area contributed by atoms with Crippen LogP contribution in [0.1, 0.15) is 23.2 Å². The van der Waals surface area contributed by atoms with Gasteiger partial charge in [0.2, 0.25) is 11.8 Å². The summed E-state index contributed by atoms with van der Waals surface area (Å²) in [5.41, 5.74) is -0.0323. The number of halogens is 1. The second-order valence-electron chi connectivity index (χ2n) is 7.49. The summed E-state index contributed by atoms with van der Waals surface area (Å²) < 4.78 is 42.2. The number of pyridine rings is 1. The van der Waals surface area contributed by atoms with E-state index in [0.29, 0.717) is 31.7 Å². The molecule has 1 aliphatic rings. The zero-order valence-corrected chi connectivity index (χ0v) is 19.3. The van der Waals surface area contributed by atoms with Crippen LogP contribution in [-0.4, -0.2) is 67.5 Å². The Labute approximate surface area is 190 Å². The zero-order valence-electron chi connectivity index (χ0n) is 17.7. The van der Waals surface area contributed by atoms with Crippen molar-refractivity contribution in [1.82, 2.24) is 15.2 Å². The minimum atomic E-state index is -3.40. The molecule has 1 aromatic carbocycles. The van der Waals surface area contributed by atoms with Crippen molar-refractivity contribution in [2.75, 3.05) is 31.4 Å². The van der Waals surface area contributed by atoms with Crippen molar-refractivity contribution in [3.05, 3.63) is 47.9 Å². The summed E-state index contributed by atoms with van der Waals surface area (Å²) in [6, 6.07) is 8.05. The lowest BCUT2D eigenvalue weighted by atomic mass is 10.0. The molecule has 0 unspecified atom stereocenters. The number of carbonyl (C=O) groups excluding carboxylic acids is 2. The molecule has 0 aliphatic carbocycles. The minimum absolute atomic E-state index is 0.0112. The van der Waals surface area contributed by atoms with E-state index in [2.05, 4.69) is 10.3 Å². The van der Waals surface area contributed by atoms with Crippen molar-refractivity contribution < 1.29 is 27.1 Å². The molecule has 0 bridgehead atoms. The molecule has 0 radical (unpaired) electrons. The van der Waals surface area contributed by atoms with Gasteiger partial charge in [-0.1, -0.05) is 6.07 Å². The molecule has 172 valence electrons. The summed E-state index contributed by atoms with van der Waals surface area (Å²) in [5, 5.41) is 2.83. The second kappa shape index (κ2) is 10.3. The lowest BCUT2D eigenvalue weighted by Gasteiger charge is -2.32. The van der Waals surface area contributed by atoms with Crippen LogP contribution in [0, 0.1) is 5.82 Å². The Balaban J connectivity index is 1.65. The van der Waals surface area contributed by atoms with Gasteiger partial charge < -0.3 is 15.0 Å². The number of nitrogens with one attached hydrogen (secondary N) is 1. The van der Waals surface area contributed by atoms with Gasteiger partial charge in [0.15, 0.2) is 9.84 Å². The normalized spacial score (nSPS) is 14.8. The van der Waals surface area contributed by atoms with Crippen molar-refractivity contribution in [3.8, 4) is 11.6 Å². The monoisotopic (exact) mass is 481 g/mol. The van der Waals surface area contributed by atoms with Crippen molar-refractivity contribution in [2.45, 2.75) is 23.8 Å². The van der Waals surface area contributed by atoms with Crippen LogP contribution in [0.3, 0.4) is 0 Å². The maximum absolute atomic E-state index is 13.8. The maximum atomic E-state index is 13.8. The first kappa shape index (κ1) is 24.0.